The Kier molecular flexibility index (Phi) is 5.02. The minimum Gasteiger partial charge on any atom is -0.293 e. The number of halogens is 3. The molecule has 0 bridgehead atoms. The average Bonchev–Trinajstić information content (AvgIpc) is 2.36. The zero-order valence-electron chi connectivity index (χ0n) is 9.70. The zero-order chi connectivity index (χ0) is 13.8. The SMILES string of the molecule is O=C(CSc1cccc(Br)c1)c1ccc(Cl)cc1F. The molecule has 0 saturated carbocycles. The van der Waals surface area contributed by atoms with E-state index in [1.54, 1.807) is 0 Å². The number of rotatable bonds is 4. The Morgan fingerprint density at radius 2 is 2.05 bits per heavy atom. The van der Waals surface area contributed by atoms with Crippen LogP contribution in [-0.2, 0) is 0 Å². The first-order valence-electron chi connectivity index (χ1n) is 5.43. The molecule has 0 spiro atoms. The van der Waals surface area contributed by atoms with Crippen LogP contribution in [0.3, 0.4) is 0 Å². The van der Waals surface area contributed by atoms with E-state index in [0.29, 0.717) is 0 Å². The Labute approximate surface area is 128 Å². The normalized spacial score (nSPS) is 10.5. The fraction of sp³-hybridized carbons (Fsp3) is 0.0714. The second kappa shape index (κ2) is 6.55. The highest BCUT2D eigenvalue weighted by atomic mass is 79.9. The smallest absolute Gasteiger partial charge is 0.176 e. The molecule has 2 aromatic rings. The van der Waals surface area contributed by atoms with Crippen molar-refractivity contribution in [2.45, 2.75) is 4.90 Å². The van der Waals surface area contributed by atoms with Crippen molar-refractivity contribution >= 4 is 45.1 Å². The van der Waals surface area contributed by atoms with Crippen LogP contribution in [0.5, 0.6) is 0 Å². The molecular formula is C14H9BrClFOS. The number of benzene rings is 2. The van der Waals surface area contributed by atoms with E-state index in [1.807, 2.05) is 24.3 Å². The molecule has 0 amide bonds. The second-order valence-corrected chi connectivity index (χ2v) is 6.19. The Morgan fingerprint density at radius 1 is 1.26 bits per heavy atom. The summed E-state index contributed by atoms with van der Waals surface area (Å²) in [7, 11) is 0. The standard InChI is InChI=1S/C14H9BrClFOS/c15-9-2-1-3-11(6-9)19-8-14(18)12-5-4-10(16)7-13(12)17/h1-7H,8H2. The number of Topliss-reactive ketones (excluding diaryl/α,β-unsaturated/α-hetero) is 1. The molecule has 98 valence electrons. The van der Waals surface area contributed by atoms with Gasteiger partial charge in [-0.15, -0.1) is 11.8 Å². The predicted molar refractivity (Wildman–Crippen MR) is 80.6 cm³/mol. The molecule has 0 atom stereocenters. The summed E-state index contributed by atoms with van der Waals surface area (Å²) in [6.07, 6.45) is 0. The van der Waals surface area contributed by atoms with Gasteiger partial charge in [0.15, 0.2) is 5.78 Å². The van der Waals surface area contributed by atoms with Crippen molar-refractivity contribution in [2.75, 3.05) is 5.75 Å². The maximum atomic E-state index is 13.6. The van der Waals surface area contributed by atoms with Gasteiger partial charge in [-0.25, -0.2) is 4.39 Å². The minimum absolute atomic E-state index is 0.0758. The summed E-state index contributed by atoms with van der Waals surface area (Å²) < 4.78 is 14.5. The van der Waals surface area contributed by atoms with Gasteiger partial charge < -0.3 is 0 Å². The molecule has 5 heteroatoms. The van der Waals surface area contributed by atoms with Gasteiger partial charge in [-0.1, -0.05) is 33.6 Å². The van der Waals surface area contributed by atoms with Gasteiger partial charge in [0.25, 0.3) is 0 Å². The van der Waals surface area contributed by atoms with Crippen molar-refractivity contribution in [3.05, 3.63) is 63.3 Å². The fourth-order valence-corrected chi connectivity index (χ4v) is 3.05. The number of hydrogen-bond donors (Lipinski definition) is 0. The van der Waals surface area contributed by atoms with E-state index >= 15 is 0 Å². The molecule has 19 heavy (non-hydrogen) atoms. The van der Waals surface area contributed by atoms with Gasteiger partial charge in [-0.2, -0.15) is 0 Å². The van der Waals surface area contributed by atoms with Gasteiger partial charge in [-0.05, 0) is 36.4 Å². The van der Waals surface area contributed by atoms with E-state index in [0.717, 1.165) is 15.4 Å². The highest BCUT2D eigenvalue weighted by Crippen LogP contribution is 2.23. The van der Waals surface area contributed by atoms with Crippen LogP contribution in [0.25, 0.3) is 0 Å². The summed E-state index contributed by atoms with van der Waals surface area (Å²) in [6, 6.07) is 11.7. The largest absolute Gasteiger partial charge is 0.293 e. The molecule has 0 fully saturated rings. The van der Waals surface area contributed by atoms with Crippen molar-refractivity contribution in [2.24, 2.45) is 0 Å². The van der Waals surface area contributed by atoms with Crippen LogP contribution in [0.1, 0.15) is 10.4 Å². The topological polar surface area (TPSA) is 17.1 Å². The summed E-state index contributed by atoms with van der Waals surface area (Å²) in [6.45, 7) is 0. The lowest BCUT2D eigenvalue weighted by molar-refractivity contribution is 0.101. The summed E-state index contributed by atoms with van der Waals surface area (Å²) in [5, 5.41) is 0.286. The first kappa shape index (κ1) is 14.6. The fourth-order valence-electron chi connectivity index (χ4n) is 1.50. The Balaban J connectivity index is 2.05. The lowest BCUT2D eigenvalue weighted by atomic mass is 10.1. The molecule has 0 radical (unpaired) electrons. The summed E-state index contributed by atoms with van der Waals surface area (Å²) in [4.78, 5) is 12.9. The first-order chi connectivity index (χ1) is 9.06. The van der Waals surface area contributed by atoms with Crippen molar-refractivity contribution < 1.29 is 9.18 Å². The third-order valence-corrected chi connectivity index (χ3v) is 4.12. The van der Waals surface area contributed by atoms with Gasteiger partial charge in [0.05, 0.1) is 11.3 Å². The van der Waals surface area contributed by atoms with Crippen molar-refractivity contribution in [1.82, 2.24) is 0 Å². The van der Waals surface area contributed by atoms with Crippen LogP contribution in [0, 0.1) is 5.82 Å². The van der Waals surface area contributed by atoms with E-state index in [4.69, 9.17) is 11.6 Å². The molecule has 2 aromatic carbocycles. The van der Waals surface area contributed by atoms with Crippen LogP contribution in [0.15, 0.2) is 51.8 Å². The van der Waals surface area contributed by atoms with Gasteiger partial charge in [-0.3, -0.25) is 4.79 Å². The second-order valence-electron chi connectivity index (χ2n) is 3.79. The Hall–Kier alpha value is -0.840. The summed E-state index contributed by atoms with van der Waals surface area (Å²) in [5.74, 6) is -0.638. The number of carbonyl (C=O) groups is 1. The third-order valence-electron chi connectivity index (χ3n) is 2.40. The molecule has 0 aliphatic carbocycles. The zero-order valence-corrected chi connectivity index (χ0v) is 12.9. The molecule has 0 aliphatic rings. The van der Waals surface area contributed by atoms with Gasteiger partial charge in [0.1, 0.15) is 5.82 Å². The van der Waals surface area contributed by atoms with E-state index < -0.39 is 5.82 Å². The molecule has 0 unspecified atom stereocenters. The number of ketones is 1. The van der Waals surface area contributed by atoms with E-state index in [-0.39, 0.29) is 22.1 Å². The summed E-state index contributed by atoms with van der Waals surface area (Å²) >= 11 is 10.4. The summed E-state index contributed by atoms with van der Waals surface area (Å²) in [5.41, 5.74) is 0.0758. The lowest BCUT2D eigenvalue weighted by Crippen LogP contribution is -2.05. The maximum absolute atomic E-state index is 13.6. The van der Waals surface area contributed by atoms with Crippen LogP contribution in [-0.4, -0.2) is 11.5 Å². The van der Waals surface area contributed by atoms with Crippen LogP contribution in [0.2, 0.25) is 5.02 Å². The Bertz CT molecular complexity index is 618. The van der Waals surface area contributed by atoms with E-state index in [2.05, 4.69) is 15.9 Å². The van der Waals surface area contributed by atoms with Crippen LogP contribution < -0.4 is 0 Å². The quantitative estimate of drug-likeness (QED) is 0.550. The first-order valence-corrected chi connectivity index (χ1v) is 7.58. The lowest BCUT2D eigenvalue weighted by Gasteiger charge is -2.04. The molecule has 0 heterocycles. The van der Waals surface area contributed by atoms with Gasteiger partial charge in [0, 0.05) is 14.4 Å². The molecule has 0 aromatic heterocycles. The third kappa shape index (κ3) is 4.06. The minimum atomic E-state index is -0.577. The molecule has 0 N–H and O–H groups in total. The molecule has 2 rings (SSSR count). The number of thioether (sulfide) groups is 1. The van der Waals surface area contributed by atoms with Crippen molar-refractivity contribution in [1.29, 1.82) is 0 Å². The molecule has 1 nitrogen and oxygen atoms in total. The van der Waals surface area contributed by atoms with E-state index in [9.17, 15) is 9.18 Å². The molecular weight excluding hydrogens is 351 g/mol. The maximum Gasteiger partial charge on any atom is 0.176 e. The monoisotopic (exact) mass is 358 g/mol. The number of carbonyl (C=O) groups excluding carboxylic acids is 1. The highest BCUT2D eigenvalue weighted by molar-refractivity contribution is 9.10. The predicted octanol–water partition coefficient (Wildman–Crippen LogP) is 5.22. The Morgan fingerprint density at radius 3 is 2.74 bits per heavy atom. The highest BCUT2D eigenvalue weighted by Gasteiger charge is 2.12. The van der Waals surface area contributed by atoms with E-state index in [1.165, 1.54) is 23.9 Å². The van der Waals surface area contributed by atoms with Gasteiger partial charge in [0.2, 0.25) is 0 Å². The molecule has 0 aliphatic heterocycles. The van der Waals surface area contributed by atoms with Crippen LogP contribution >= 0.6 is 39.3 Å². The average molecular weight is 360 g/mol. The number of hydrogen-bond acceptors (Lipinski definition) is 2. The van der Waals surface area contributed by atoms with Gasteiger partial charge >= 0.3 is 0 Å². The molecule has 0 saturated heterocycles. The van der Waals surface area contributed by atoms with Crippen molar-refractivity contribution in [3.8, 4) is 0 Å². The van der Waals surface area contributed by atoms with Crippen LogP contribution in [0.4, 0.5) is 4.39 Å². The van der Waals surface area contributed by atoms with Crippen molar-refractivity contribution in [3.63, 3.8) is 0 Å².